The molecule has 29 heavy (non-hydrogen) atoms. The molecule has 1 aromatic carbocycles. The largest absolute Gasteiger partial charge is 0.495 e. The van der Waals surface area contributed by atoms with Crippen LogP contribution in [0, 0.1) is 5.92 Å². The van der Waals surface area contributed by atoms with E-state index in [2.05, 4.69) is 10.3 Å². The average molecular weight is 388 g/mol. The summed E-state index contributed by atoms with van der Waals surface area (Å²) in [5.41, 5.74) is 2.34. The molecule has 0 aliphatic heterocycles. The number of carbonyl (C=O) groups excluding carboxylic acids is 1. The number of nitrogens with zero attached hydrogens (tertiary/aromatic N) is 3. The molecular weight excluding hydrogens is 368 g/mol. The zero-order valence-electron chi connectivity index (χ0n) is 15.9. The normalized spacial score (nSPS) is 18.5. The summed E-state index contributed by atoms with van der Waals surface area (Å²) >= 11 is 0. The highest BCUT2D eigenvalue weighted by molar-refractivity contribution is 5.93. The molecule has 3 aromatic heterocycles. The minimum absolute atomic E-state index is 0.0706. The van der Waals surface area contributed by atoms with Gasteiger partial charge in [0.2, 0.25) is 5.91 Å². The summed E-state index contributed by atoms with van der Waals surface area (Å²) in [4.78, 5) is 30.3. The smallest absolute Gasteiger partial charge is 0.275 e. The number of fused-ring (bicyclic) bond motifs is 3. The van der Waals surface area contributed by atoms with E-state index in [4.69, 9.17) is 4.74 Å². The zero-order chi connectivity index (χ0) is 20.0. The second-order valence-corrected chi connectivity index (χ2v) is 7.25. The molecular formula is C22H20N4O3. The number of hydrogen-bond donors (Lipinski definition) is 1. The quantitative estimate of drug-likeness (QED) is 0.582. The van der Waals surface area contributed by atoms with E-state index in [-0.39, 0.29) is 23.4 Å². The number of amides is 1. The molecule has 1 aliphatic rings. The monoisotopic (exact) mass is 388 g/mol. The Kier molecular flexibility index (Phi) is 4.08. The Morgan fingerprint density at radius 2 is 1.86 bits per heavy atom. The number of hydrogen-bond acceptors (Lipinski definition) is 4. The predicted octanol–water partition coefficient (Wildman–Crippen LogP) is 3.25. The van der Waals surface area contributed by atoms with Crippen LogP contribution in [0.25, 0.3) is 16.6 Å². The highest BCUT2D eigenvalue weighted by Gasteiger charge is 2.39. The summed E-state index contributed by atoms with van der Waals surface area (Å²) in [7, 11) is 1.57. The highest BCUT2D eigenvalue weighted by atomic mass is 16.5. The van der Waals surface area contributed by atoms with Crippen LogP contribution >= 0.6 is 0 Å². The number of anilines is 1. The van der Waals surface area contributed by atoms with Gasteiger partial charge in [-0.05, 0) is 49.2 Å². The minimum Gasteiger partial charge on any atom is -0.495 e. The summed E-state index contributed by atoms with van der Waals surface area (Å²) < 4.78 is 8.79. The van der Waals surface area contributed by atoms with E-state index in [1.54, 1.807) is 30.0 Å². The summed E-state index contributed by atoms with van der Waals surface area (Å²) in [6.45, 7) is 0. The Hall–Kier alpha value is -3.61. The standard InChI is InChI=1S/C22H20N4O3/c1-29-14-8-11-20(23-13-14)24-21(27)15-9-10-16(15)26-18-6-3-2-5-17(18)25-12-4-7-19(25)22(26)28/h2-8,11-13,15-16H,9-10H2,1H3,(H,23,24,27). The molecule has 0 bridgehead atoms. The van der Waals surface area contributed by atoms with E-state index in [0.717, 1.165) is 23.9 Å². The van der Waals surface area contributed by atoms with Crippen LogP contribution in [0.1, 0.15) is 18.9 Å². The number of pyridine rings is 1. The van der Waals surface area contributed by atoms with Gasteiger partial charge in [0.15, 0.2) is 0 Å². The highest BCUT2D eigenvalue weighted by Crippen LogP contribution is 2.40. The van der Waals surface area contributed by atoms with Crippen molar-refractivity contribution < 1.29 is 9.53 Å². The van der Waals surface area contributed by atoms with E-state index in [0.29, 0.717) is 17.1 Å². The Morgan fingerprint density at radius 1 is 1.07 bits per heavy atom. The van der Waals surface area contributed by atoms with Gasteiger partial charge in [-0.3, -0.25) is 9.59 Å². The van der Waals surface area contributed by atoms with Crippen molar-refractivity contribution in [1.29, 1.82) is 0 Å². The number of nitrogens with one attached hydrogen (secondary N) is 1. The molecule has 1 amide bonds. The fourth-order valence-corrected chi connectivity index (χ4v) is 4.09. The molecule has 5 rings (SSSR count). The maximum atomic E-state index is 13.2. The topological polar surface area (TPSA) is 77.6 Å². The lowest BCUT2D eigenvalue weighted by molar-refractivity contribution is -0.124. The van der Waals surface area contributed by atoms with Crippen LogP contribution in [-0.2, 0) is 4.79 Å². The number of para-hydroxylation sites is 2. The molecule has 146 valence electrons. The molecule has 1 saturated carbocycles. The first-order chi connectivity index (χ1) is 14.2. The van der Waals surface area contributed by atoms with E-state index < -0.39 is 0 Å². The zero-order valence-corrected chi connectivity index (χ0v) is 15.9. The van der Waals surface area contributed by atoms with Crippen LogP contribution < -0.4 is 15.6 Å². The molecule has 7 heteroatoms. The van der Waals surface area contributed by atoms with Crippen molar-refractivity contribution in [2.45, 2.75) is 18.9 Å². The van der Waals surface area contributed by atoms with Crippen molar-refractivity contribution in [3.05, 3.63) is 71.3 Å². The van der Waals surface area contributed by atoms with E-state index in [1.165, 1.54) is 0 Å². The third-order valence-electron chi connectivity index (χ3n) is 5.72. The van der Waals surface area contributed by atoms with Crippen LogP contribution in [0.4, 0.5) is 5.82 Å². The molecule has 1 N–H and O–H groups in total. The minimum atomic E-state index is -0.280. The number of methoxy groups -OCH3 is 1. The fraction of sp³-hybridized carbons (Fsp3) is 0.227. The van der Waals surface area contributed by atoms with Gasteiger partial charge in [-0.25, -0.2) is 4.98 Å². The first-order valence-corrected chi connectivity index (χ1v) is 9.58. The van der Waals surface area contributed by atoms with Crippen molar-refractivity contribution in [1.82, 2.24) is 14.0 Å². The van der Waals surface area contributed by atoms with Gasteiger partial charge in [0, 0.05) is 12.2 Å². The van der Waals surface area contributed by atoms with Gasteiger partial charge in [-0.15, -0.1) is 0 Å². The fourth-order valence-electron chi connectivity index (χ4n) is 4.09. The maximum absolute atomic E-state index is 13.2. The molecule has 3 heterocycles. The van der Waals surface area contributed by atoms with Gasteiger partial charge in [0.25, 0.3) is 5.56 Å². The van der Waals surface area contributed by atoms with Gasteiger partial charge in [0.05, 0.1) is 30.3 Å². The lowest BCUT2D eigenvalue weighted by atomic mass is 9.78. The van der Waals surface area contributed by atoms with Crippen molar-refractivity contribution >= 4 is 28.3 Å². The molecule has 1 aliphatic carbocycles. The number of aromatic nitrogens is 3. The van der Waals surface area contributed by atoms with Crippen molar-refractivity contribution in [3.63, 3.8) is 0 Å². The van der Waals surface area contributed by atoms with Crippen molar-refractivity contribution in [2.24, 2.45) is 5.92 Å². The Balaban J connectivity index is 1.50. The summed E-state index contributed by atoms with van der Waals surface area (Å²) in [6, 6.07) is 14.8. The first-order valence-electron chi connectivity index (χ1n) is 9.58. The van der Waals surface area contributed by atoms with Gasteiger partial charge in [0.1, 0.15) is 17.1 Å². The van der Waals surface area contributed by atoms with Crippen LogP contribution in [0.15, 0.2) is 65.7 Å². The summed E-state index contributed by atoms with van der Waals surface area (Å²) in [5, 5.41) is 2.87. The van der Waals surface area contributed by atoms with Gasteiger partial charge in [-0.2, -0.15) is 0 Å². The molecule has 0 spiro atoms. The molecule has 7 nitrogen and oxygen atoms in total. The van der Waals surface area contributed by atoms with Crippen LogP contribution in [0.3, 0.4) is 0 Å². The molecule has 4 aromatic rings. The molecule has 2 atom stereocenters. The van der Waals surface area contributed by atoms with Gasteiger partial charge >= 0.3 is 0 Å². The van der Waals surface area contributed by atoms with E-state index in [9.17, 15) is 9.59 Å². The number of benzene rings is 1. The van der Waals surface area contributed by atoms with Crippen LogP contribution in [-0.4, -0.2) is 27.0 Å². The van der Waals surface area contributed by atoms with Gasteiger partial charge < -0.3 is 19.0 Å². The second-order valence-electron chi connectivity index (χ2n) is 7.25. The Morgan fingerprint density at radius 3 is 2.55 bits per heavy atom. The van der Waals surface area contributed by atoms with Crippen molar-refractivity contribution in [2.75, 3.05) is 12.4 Å². The Labute approximate surface area is 166 Å². The van der Waals surface area contributed by atoms with Crippen LogP contribution in [0.5, 0.6) is 5.75 Å². The van der Waals surface area contributed by atoms with E-state index in [1.807, 2.05) is 47.0 Å². The Bertz CT molecular complexity index is 1270. The molecule has 0 radical (unpaired) electrons. The predicted molar refractivity (Wildman–Crippen MR) is 110 cm³/mol. The SMILES string of the molecule is COc1ccc(NC(=O)C2CCC2n2c(=O)c3cccn3c3ccccc32)nc1. The van der Waals surface area contributed by atoms with Crippen molar-refractivity contribution in [3.8, 4) is 5.75 Å². The van der Waals surface area contributed by atoms with E-state index >= 15 is 0 Å². The maximum Gasteiger partial charge on any atom is 0.275 e. The first kappa shape index (κ1) is 17.5. The molecule has 1 fully saturated rings. The third kappa shape index (κ3) is 2.77. The second kappa shape index (κ2) is 6.77. The van der Waals surface area contributed by atoms with Gasteiger partial charge in [-0.1, -0.05) is 12.1 Å². The summed E-state index contributed by atoms with van der Waals surface area (Å²) in [5.74, 6) is 0.700. The molecule has 2 unspecified atom stereocenters. The lowest BCUT2D eigenvalue weighted by Gasteiger charge is -2.37. The summed E-state index contributed by atoms with van der Waals surface area (Å²) in [6.07, 6.45) is 4.98. The number of rotatable bonds is 4. The molecule has 0 saturated heterocycles. The number of ether oxygens (including phenoxy) is 1. The van der Waals surface area contributed by atoms with Crippen LogP contribution in [0.2, 0.25) is 0 Å². The lowest BCUT2D eigenvalue weighted by Crippen LogP contribution is -2.42. The average Bonchev–Trinajstić information content (AvgIpc) is 3.21. The number of carbonyl (C=O) groups is 1. The third-order valence-corrected chi connectivity index (χ3v) is 5.72.